The Morgan fingerprint density at radius 3 is 2.68 bits per heavy atom. The zero-order valence-corrected chi connectivity index (χ0v) is 20.0. The minimum absolute atomic E-state index is 0.0888. The van der Waals surface area contributed by atoms with Gasteiger partial charge in [0.15, 0.2) is 0 Å². The van der Waals surface area contributed by atoms with Gasteiger partial charge in [-0.15, -0.1) is 0 Å². The highest BCUT2D eigenvalue weighted by Crippen LogP contribution is 2.37. The number of hydrogen-bond donors (Lipinski definition) is 0. The van der Waals surface area contributed by atoms with Gasteiger partial charge in [0, 0.05) is 11.3 Å². The molecule has 34 heavy (non-hydrogen) atoms. The van der Waals surface area contributed by atoms with E-state index in [4.69, 9.17) is 4.74 Å². The van der Waals surface area contributed by atoms with Crippen LogP contribution in [-0.4, -0.2) is 18.5 Å². The molecule has 2 aliphatic rings. The lowest BCUT2D eigenvalue weighted by atomic mass is 9.94. The van der Waals surface area contributed by atoms with Gasteiger partial charge in [-0.25, -0.2) is 0 Å². The number of esters is 1. The third kappa shape index (κ3) is 4.37. The van der Waals surface area contributed by atoms with E-state index in [-0.39, 0.29) is 17.8 Å². The number of rotatable bonds is 7. The van der Waals surface area contributed by atoms with Crippen molar-refractivity contribution in [1.29, 1.82) is 0 Å². The first-order valence-electron chi connectivity index (χ1n) is 12.3. The normalized spacial score (nSPS) is 16.5. The molecule has 1 heterocycles. The molecular formula is C30H31NO3. The van der Waals surface area contributed by atoms with Crippen LogP contribution in [0.25, 0.3) is 0 Å². The first-order valence-corrected chi connectivity index (χ1v) is 12.3. The van der Waals surface area contributed by atoms with Crippen molar-refractivity contribution in [2.45, 2.75) is 58.4 Å². The van der Waals surface area contributed by atoms with E-state index in [2.05, 4.69) is 43.3 Å². The molecule has 4 heteroatoms. The van der Waals surface area contributed by atoms with E-state index >= 15 is 0 Å². The van der Waals surface area contributed by atoms with Crippen LogP contribution in [0.1, 0.15) is 69.4 Å². The first kappa shape index (κ1) is 22.4. The Morgan fingerprint density at radius 1 is 1.06 bits per heavy atom. The highest BCUT2D eigenvalue weighted by atomic mass is 16.5. The van der Waals surface area contributed by atoms with Crippen molar-refractivity contribution in [3.63, 3.8) is 0 Å². The Kier molecular flexibility index (Phi) is 6.23. The number of carbonyl (C=O) groups excluding carboxylic acids is 2. The quantitative estimate of drug-likeness (QED) is 0.417. The Balaban J connectivity index is 1.28. The van der Waals surface area contributed by atoms with Crippen molar-refractivity contribution in [3.05, 3.63) is 99.6 Å². The summed E-state index contributed by atoms with van der Waals surface area (Å²) in [7, 11) is 0. The maximum atomic E-state index is 13.1. The molecule has 0 N–H and O–H groups in total. The average Bonchev–Trinajstić information content (AvgIpc) is 3.39. The number of hydrogen-bond acceptors (Lipinski definition) is 3. The Labute approximate surface area is 201 Å². The van der Waals surface area contributed by atoms with Crippen LogP contribution in [0.15, 0.2) is 60.7 Å². The highest BCUT2D eigenvalue weighted by molar-refractivity contribution is 6.10. The van der Waals surface area contributed by atoms with Gasteiger partial charge < -0.3 is 9.64 Å². The molecule has 174 valence electrons. The Morgan fingerprint density at radius 2 is 1.88 bits per heavy atom. The molecule has 4 nitrogen and oxygen atoms in total. The maximum Gasteiger partial charge on any atom is 0.306 e. The molecule has 1 unspecified atom stereocenters. The standard InChI is InChI=1S/C30H31NO3/c1-3-34-29(32)18-24-13-12-23-17-21(10-16-26(23)24)9-11-22-5-4-6-27-28(22)19-31(30(27)33)25-14-7-20(2)8-15-25/h4-8,10,14-17,24H,3,9,11-13,18-19H2,1-2H3. The SMILES string of the molecule is CCOC(=O)CC1CCc2cc(CCc3cccc4c3CN(c3ccc(C)cc3)C4=O)ccc21. The van der Waals surface area contributed by atoms with E-state index in [0.717, 1.165) is 42.5 Å². The van der Waals surface area contributed by atoms with E-state index in [0.29, 0.717) is 19.6 Å². The fourth-order valence-corrected chi connectivity index (χ4v) is 5.39. The maximum absolute atomic E-state index is 13.1. The van der Waals surface area contributed by atoms with Crippen LogP contribution in [0.5, 0.6) is 0 Å². The molecule has 0 saturated heterocycles. The van der Waals surface area contributed by atoms with Crippen LogP contribution in [0.2, 0.25) is 0 Å². The molecule has 5 rings (SSSR count). The fourth-order valence-electron chi connectivity index (χ4n) is 5.39. The van der Waals surface area contributed by atoms with Crippen LogP contribution >= 0.6 is 0 Å². The topological polar surface area (TPSA) is 46.6 Å². The lowest BCUT2D eigenvalue weighted by Gasteiger charge is -2.16. The van der Waals surface area contributed by atoms with E-state index in [1.807, 2.05) is 36.1 Å². The summed E-state index contributed by atoms with van der Waals surface area (Å²) in [5.74, 6) is 0.265. The number of anilines is 1. The van der Waals surface area contributed by atoms with Gasteiger partial charge >= 0.3 is 5.97 Å². The summed E-state index contributed by atoms with van der Waals surface area (Å²) in [6, 6.07) is 21.0. The molecule has 1 amide bonds. The number of carbonyl (C=O) groups is 2. The summed E-state index contributed by atoms with van der Waals surface area (Å²) in [5.41, 5.74) is 9.36. The first-order chi connectivity index (χ1) is 16.5. The third-order valence-corrected chi connectivity index (χ3v) is 7.22. The molecular weight excluding hydrogens is 422 g/mol. The zero-order chi connectivity index (χ0) is 23.7. The second-order valence-electron chi connectivity index (χ2n) is 9.45. The predicted molar refractivity (Wildman–Crippen MR) is 134 cm³/mol. The molecule has 0 spiro atoms. The number of amides is 1. The third-order valence-electron chi connectivity index (χ3n) is 7.22. The van der Waals surface area contributed by atoms with Crippen LogP contribution in [0, 0.1) is 6.92 Å². The molecule has 3 aromatic carbocycles. The number of benzene rings is 3. The molecule has 3 aromatic rings. The molecule has 1 aliphatic heterocycles. The summed E-state index contributed by atoms with van der Waals surface area (Å²) in [6.45, 7) is 4.98. The van der Waals surface area contributed by atoms with E-state index in [1.54, 1.807) is 0 Å². The van der Waals surface area contributed by atoms with Gasteiger partial charge in [-0.05, 0) is 91.5 Å². The summed E-state index contributed by atoms with van der Waals surface area (Å²) >= 11 is 0. The second-order valence-corrected chi connectivity index (χ2v) is 9.45. The van der Waals surface area contributed by atoms with Gasteiger partial charge in [-0.3, -0.25) is 9.59 Å². The van der Waals surface area contributed by atoms with Crippen LogP contribution in [0.4, 0.5) is 5.69 Å². The fraction of sp³-hybridized carbons (Fsp3) is 0.333. The van der Waals surface area contributed by atoms with Gasteiger partial charge in [0.2, 0.25) is 0 Å². The van der Waals surface area contributed by atoms with E-state index < -0.39 is 0 Å². The second kappa shape index (κ2) is 9.46. The molecule has 0 fully saturated rings. The predicted octanol–water partition coefficient (Wildman–Crippen LogP) is 5.92. The monoisotopic (exact) mass is 453 g/mol. The van der Waals surface area contributed by atoms with E-state index in [1.165, 1.54) is 27.8 Å². The summed E-state index contributed by atoms with van der Waals surface area (Å²) in [6.07, 6.45) is 4.35. The van der Waals surface area contributed by atoms with Crippen molar-refractivity contribution in [2.24, 2.45) is 0 Å². The Bertz CT molecular complexity index is 1230. The largest absolute Gasteiger partial charge is 0.466 e. The van der Waals surface area contributed by atoms with Crippen molar-refractivity contribution in [3.8, 4) is 0 Å². The van der Waals surface area contributed by atoms with Crippen molar-refractivity contribution < 1.29 is 14.3 Å². The molecule has 1 atom stereocenters. The lowest BCUT2D eigenvalue weighted by molar-refractivity contribution is -0.143. The minimum atomic E-state index is -0.100. The number of aryl methyl sites for hydroxylation is 4. The molecule has 0 aromatic heterocycles. The van der Waals surface area contributed by atoms with Crippen LogP contribution in [-0.2, 0) is 35.3 Å². The van der Waals surface area contributed by atoms with Crippen molar-refractivity contribution in [1.82, 2.24) is 0 Å². The molecule has 0 saturated carbocycles. The van der Waals surface area contributed by atoms with Gasteiger partial charge in [-0.1, -0.05) is 48.0 Å². The van der Waals surface area contributed by atoms with Gasteiger partial charge in [0.1, 0.15) is 0 Å². The number of fused-ring (bicyclic) bond motifs is 2. The Hall–Kier alpha value is -3.40. The van der Waals surface area contributed by atoms with Crippen molar-refractivity contribution in [2.75, 3.05) is 11.5 Å². The highest BCUT2D eigenvalue weighted by Gasteiger charge is 2.30. The van der Waals surface area contributed by atoms with Crippen LogP contribution < -0.4 is 4.90 Å². The minimum Gasteiger partial charge on any atom is -0.466 e. The average molecular weight is 454 g/mol. The number of nitrogens with zero attached hydrogens (tertiary/aromatic N) is 1. The summed E-state index contributed by atoms with van der Waals surface area (Å²) in [4.78, 5) is 26.9. The van der Waals surface area contributed by atoms with Crippen LogP contribution in [0.3, 0.4) is 0 Å². The summed E-state index contributed by atoms with van der Waals surface area (Å²) < 4.78 is 5.15. The van der Waals surface area contributed by atoms with E-state index in [9.17, 15) is 9.59 Å². The molecule has 1 aliphatic carbocycles. The van der Waals surface area contributed by atoms with Gasteiger partial charge in [-0.2, -0.15) is 0 Å². The van der Waals surface area contributed by atoms with Crippen molar-refractivity contribution >= 4 is 17.6 Å². The summed E-state index contributed by atoms with van der Waals surface area (Å²) in [5, 5.41) is 0. The van der Waals surface area contributed by atoms with Gasteiger partial charge in [0.05, 0.1) is 19.6 Å². The smallest absolute Gasteiger partial charge is 0.306 e. The lowest BCUT2D eigenvalue weighted by Crippen LogP contribution is -2.22. The number of ether oxygens (including phenoxy) is 1. The zero-order valence-electron chi connectivity index (χ0n) is 20.0. The molecule has 0 bridgehead atoms. The molecule has 0 radical (unpaired) electrons. The van der Waals surface area contributed by atoms with Gasteiger partial charge in [0.25, 0.3) is 5.91 Å².